The van der Waals surface area contributed by atoms with Gasteiger partial charge in [-0.3, -0.25) is 4.79 Å². The highest BCUT2D eigenvalue weighted by atomic mass is 32.2. The van der Waals surface area contributed by atoms with Crippen molar-refractivity contribution in [2.45, 2.75) is 31.4 Å². The van der Waals surface area contributed by atoms with Crippen molar-refractivity contribution in [3.05, 3.63) is 15.8 Å². The van der Waals surface area contributed by atoms with Gasteiger partial charge in [0.2, 0.25) is 5.91 Å². The highest BCUT2D eigenvalue weighted by Gasteiger charge is 2.38. The second-order valence-corrected chi connectivity index (χ2v) is 7.23. The fourth-order valence-electron chi connectivity index (χ4n) is 2.05. The largest absolute Gasteiger partial charge is 0.465 e. The molecule has 1 unspecified atom stereocenters. The van der Waals surface area contributed by atoms with Gasteiger partial charge in [-0.2, -0.15) is 0 Å². The standard InChI is InChI=1S/C13H17NO3S2/c1-8-7-18-10(11(15)17-3)9(8)14-12(16)13(2)5-4-6-19-13/h7H,4-6H2,1-3H3,(H,14,16). The molecule has 2 rings (SSSR count). The zero-order chi connectivity index (χ0) is 14.0. The van der Waals surface area contributed by atoms with Gasteiger partial charge < -0.3 is 10.1 Å². The number of aryl methyl sites for hydroxylation is 1. The van der Waals surface area contributed by atoms with E-state index in [1.807, 2.05) is 19.2 Å². The molecular weight excluding hydrogens is 282 g/mol. The molecule has 0 saturated carbocycles. The van der Waals surface area contributed by atoms with Crippen LogP contribution in [-0.4, -0.2) is 29.5 Å². The Morgan fingerprint density at radius 1 is 1.47 bits per heavy atom. The maximum absolute atomic E-state index is 12.4. The third kappa shape index (κ3) is 2.79. The summed E-state index contributed by atoms with van der Waals surface area (Å²) >= 11 is 2.97. The number of nitrogens with one attached hydrogen (secondary N) is 1. The quantitative estimate of drug-likeness (QED) is 0.872. The van der Waals surface area contributed by atoms with Crippen LogP contribution in [0.2, 0.25) is 0 Å². The van der Waals surface area contributed by atoms with Gasteiger partial charge in [0.1, 0.15) is 4.88 Å². The second-order valence-electron chi connectivity index (χ2n) is 4.75. The first-order chi connectivity index (χ1) is 8.98. The van der Waals surface area contributed by atoms with Gasteiger partial charge in [-0.05, 0) is 43.4 Å². The average Bonchev–Trinajstić information content (AvgIpc) is 2.98. The summed E-state index contributed by atoms with van der Waals surface area (Å²) in [6.45, 7) is 3.84. The number of carbonyl (C=O) groups is 2. The third-order valence-electron chi connectivity index (χ3n) is 3.28. The summed E-state index contributed by atoms with van der Waals surface area (Å²) in [6, 6.07) is 0. The van der Waals surface area contributed by atoms with E-state index in [1.165, 1.54) is 18.4 Å². The molecule has 0 aromatic carbocycles. The van der Waals surface area contributed by atoms with E-state index in [1.54, 1.807) is 11.8 Å². The SMILES string of the molecule is COC(=O)c1scc(C)c1NC(=O)C1(C)CCCS1. The Morgan fingerprint density at radius 3 is 2.79 bits per heavy atom. The van der Waals surface area contributed by atoms with Crippen molar-refractivity contribution in [2.24, 2.45) is 0 Å². The predicted octanol–water partition coefficient (Wildman–Crippen LogP) is 3.07. The molecule has 0 spiro atoms. The molecule has 1 atom stereocenters. The van der Waals surface area contributed by atoms with Gasteiger partial charge in [0.25, 0.3) is 0 Å². The lowest BCUT2D eigenvalue weighted by atomic mass is 10.0. The van der Waals surface area contributed by atoms with E-state index in [0.717, 1.165) is 24.2 Å². The molecule has 0 radical (unpaired) electrons. The molecule has 2 heterocycles. The molecule has 1 saturated heterocycles. The Labute approximate surface area is 120 Å². The van der Waals surface area contributed by atoms with Crippen LogP contribution in [0, 0.1) is 6.92 Å². The maximum atomic E-state index is 12.4. The molecule has 1 fully saturated rings. The maximum Gasteiger partial charge on any atom is 0.350 e. The number of amides is 1. The first-order valence-electron chi connectivity index (χ1n) is 6.10. The van der Waals surface area contributed by atoms with Crippen LogP contribution in [0.1, 0.15) is 35.0 Å². The van der Waals surface area contributed by atoms with Crippen molar-refractivity contribution in [1.82, 2.24) is 0 Å². The van der Waals surface area contributed by atoms with E-state index in [9.17, 15) is 9.59 Å². The fraction of sp³-hybridized carbons (Fsp3) is 0.538. The summed E-state index contributed by atoms with van der Waals surface area (Å²) in [6.07, 6.45) is 1.93. The number of thioether (sulfide) groups is 1. The number of hydrogen-bond donors (Lipinski definition) is 1. The Hall–Kier alpha value is -1.01. The van der Waals surface area contributed by atoms with Crippen molar-refractivity contribution >= 4 is 40.7 Å². The van der Waals surface area contributed by atoms with Crippen LogP contribution in [0.25, 0.3) is 0 Å². The third-order valence-corrected chi connectivity index (χ3v) is 5.88. The second kappa shape index (κ2) is 5.54. The molecule has 6 heteroatoms. The summed E-state index contributed by atoms with van der Waals surface area (Å²) in [7, 11) is 1.34. The van der Waals surface area contributed by atoms with Crippen LogP contribution in [0.5, 0.6) is 0 Å². The summed E-state index contributed by atoms with van der Waals surface area (Å²) in [4.78, 5) is 24.5. The molecule has 1 amide bonds. The number of hydrogen-bond acceptors (Lipinski definition) is 5. The lowest BCUT2D eigenvalue weighted by molar-refractivity contribution is -0.118. The zero-order valence-corrected chi connectivity index (χ0v) is 12.9. The minimum absolute atomic E-state index is 0.0262. The lowest BCUT2D eigenvalue weighted by Gasteiger charge is -2.21. The van der Waals surface area contributed by atoms with Crippen LogP contribution >= 0.6 is 23.1 Å². The molecule has 1 aliphatic heterocycles. The zero-order valence-electron chi connectivity index (χ0n) is 11.2. The monoisotopic (exact) mass is 299 g/mol. The normalized spacial score (nSPS) is 22.3. The first-order valence-corrected chi connectivity index (χ1v) is 7.96. The number of thiophene rings is 1. The minimum atomic E-state index is -0.405. The fourth-order valence-corrected chi connectivity index (χ4v) is 4.18. The van der Waals surface area contributed by atoms with Crippen LogP contribution in [0.3, 0.4) is 0 Å². The molecule has 1 aromatic rings. The molecule has 1 aliphatic rings. The Morgan fingerprint density at radius 2 is 2.21 bits per heavy atom. The van der Waals surface area contributed by atoms with E-state index in [-0.39, 0.29) is 10.7 Å². The van der Waals surface area contributed by atoms with Gasteiger partial charge in [0, 0.05) is 0 Å². The van der Waals surface area contributed by atoms with Gasteiger partial charge in [-0.25, -0.2) is 4.79 Å². The van der Waals surface area contributed by atoms with Crippen molar-refractivity contribution in [1.29, 1.82) is 0 Å². The Bertz CT molecular complexity index is 504. The van der Waals surface area contributed by atoms with Crippen LogP contribution < -0.4 is 5.32 Å². The molecule has 0 aliphatic carbocycles. The van der Waals surface area contributed by atoms with Crippen molar-refractivity contribution in [2.75, 3.05) is 18.2 Å². The van der Waals surface area contributed by atoms with E-state index < -0.39 is 5.97 Å². The smallest absolute Gasteiger partial charge is 0.350 e. The molecule has 1 aromatic heterocycles. The number of rotatable bonds is 3. The summed E-state index contributed by atoms with van der Waals surface area (Å²) < 4.78 is 4.35. The van der Waals surface area contributed by atoms with Crippen LogP contribution in [0.4, 0.5) is 5.69 Å². The molecule has 0 bridgehead atoms. The van der Waals surface area contributed by atoms with Gasteiger partial charge in [0.05, 0.1) is 17.5 Å². The van der Waals surface area contributed by atoms with Crippen LogP contribution in [0.15, 0.2) is 5.38 Å². The highest BCUT2D eigenvalue weighted by Crippen LogP contribution is 2.39. The van der Waals surface area contributed by atoms with E-state index >= 15 is 0 Å². The van der Waals surface area contributed by atoms with Crippen LogP contribution in [-0.2, 0) is 9.53 Å². The number of carbonyl (C=O) groups excluding carboxylic acids is 2. The number of anilines is 1. The van der Waals surface area contributed by atoms with E-state index in [0.29, 0.717) is 10.6 Å². The summed E-state index contributed by atoms with van der Waals surface area (Å²) in [5.74, 6) is 0.579. The Kier molecular flexibility index (Phi) is 4.20. The van der Waals surface area contributed by atoms with Gasteiger partial charge in [0.15, 0.2) is 0 Å². The van der Waals surface area contributed by atoms with E-state index in [2.05, 4.69) is 5.32 Å². The van der Waals surface area contributed by atoms with Gasteiger partial charge in [-0.1, -0.05) is 0 Å². The molecule has 104 valence electrons. The number of methoxy groups -OCH3 is 1. The molecule has 1 N–H and O–H groups in total. The summed E-state index contributed by atoms with van der Waals surface area (Å²) in [5.41, 5.74) is 1.49. The van der Waals surface area contributed by atoms with E-state index in [4.69, 9.17) is 4.74 Å². The van der Waals surface area contributed by atoms with Crippen molar-refractivity contribution in [3.63, 3.8) is 0 Å². The first kappa shape index (κ1) is 14.4. The highest BCUT2D eigenvalue weighted by molar-refractivity contribution is 8.01. The average molecular weight is 299 g/mol. The molecule has 4 nitrogen and oxygen atoms in total. The van der Waals surface area contributed by atoms with Crippen molar-refractivity contribution in [3.8, 4) is 0 Å². The Balaban J connectivity index is 2.21. The molecule has 19 heavy (non-hydrogen) atoms. The number of ether oxygens (including phenoxy) is 1. The molecular formula is C13H17NO3S2. The van der Waals surface area contributed by atoms with Gasteiger partial charge >= 0.3 is 5.97 Å². The minimum Gasteiger partial charge on any atom is -0.465 e. The lowest BCUT2D eigenvalue weighted by Crippen LogP contribution is -2.35. The summed E-state index contributed by atoms with van der Waals surface area (Å²) in [5, 5.41) is 4.76. The van der Waals surface area contributed by atoms with Gasteiger partial charge in [-0.15, -0.1) is 23.1 Å². The van der Waals surface area contributed by atoms with Crippen molar-refractivity contribution < 1.29 is 14.3 Å². The topological polar surface area (TPSA) is 55.4 Å². The number of esters is 1. The predicted molar refractivity (Wildman–Crippen MR) is 79.1 cm³/mol.